The smallest absolute Gasteiger partial charge is 0.262 e. The van der Waals surface area contributed by atoms with E-state index in [9.17, 15) is 14.4 Å². The van der Waals surface area contributed by atoms with E-state index >= 15 is 0 Å². The Balaban J connectivity index is 1.47. The van der Waals surface area contributed by atoms with Crippen LogP contribution < -0.4 is 20.7 Å². The number of amides is 3. The Morgan fingerprint density at radius 1 is 1.35 bits per heavy atom. The molecule has 0 fully saturated rings. The molecule has 0 saturated heterocycles. The van der Waals surface area contributed by atoms with Crippen molar-refractivity contribution in [2.75, 3.05) is 23.8 Å². The van der Waals surface area contributed by atoms with Gasteiger partial charge in [0, 0.05) is 19.0 Å². The maximum atomic E-state index is 12.1. The van der Waals surface area contributed by atoms with Gasteiger partial charge in [0.2, 0.25) is 5.91 Å². The lowest BCUT2D eigenvalue weighted by Crippen LogP contribution is -2.26. The van der Waals surface area contributed by atoms with Crippen molar-refractivity contribution in [3.05, 3.63) is 39.5 Å². The van der Waals surface area contributed by atoms with Crippen LogP contribution in [0.3, 0.4) is 0 Å². The maximum Gasteiger partial charge on any atom is 0.262 e. The third kappa shape index (κ3) is 4.53. The second-order valence-corrected chi connectivity index (χ2v) is 6.90. The van der Waals surface area contributed by atoms with Crippen LogP contribution in [0, 0.1) is 0 Å². The SMILES string of the molecule is O=C(CCCNC(=O)c1cccs1)Nc1cc2c(cc1Cl)NC(=O)CO2. The standard InChI is InChI=1S/C17H16ClN3O4S/c18-10-7-12-13(25-9-16(23)21-12)8-11(10)20-15(22)4-1-5-19-17(24)14-3-2-6-26-14/h2-3,6-8H,1,4-5,9H2,(H,19,24)(H,20,22)(H,21,23). The third-order valence-electron chi connectivity index (χ3n) is 3.59. The number of rotatable bonds is 6. The molecule has 7 nitrogen and oxygen atoms in total. The van der Waals surface area contributed by atoms with Gasteiger partial charge in [0.05, 0.1) is 21.3 Å². The molecule has 0 aliphatic carbocycles. The van der Waals surface area contributed by atoms with Crippen LogP contribution in [0.15, 0.2) is 29.6 Å². The van der Waals surface area contributed by atoms with Crippen molar-refractivity contribution in [3.8, 4) is 5.75 Å². The highest BCUT2D eigenvalue weighted by atomic mass is 35.5. The first kappa shape index (κ1) is 18.2. The summed E-state index contributed by atoms with van der Waals surface area (Å²) in [6, 6.07) is 6.66. The zero-order chi connectivity index (χ0) is 18.5. The normalized spacial score (nSPS) is 12.6. The first-order valence-electron chi connectivity index (χ1n) is 7.90. The first-order chi connectivity index (χ1) is 12.5. The predicted molar refractivity (Wildman–Crippen MR) is 100 cm³/mol. The van der Waals surface area contributed by atoms with Gasteiger partial charge in [0.25, 0.3) is 11.8 Å². The molecule has 0 spiro atoms. The van der Waals surface area contributed by atoms with Crippen LogP contribution in [0.25, 0.3) is 0 Å². The van der Waals surface area contributed by atoms with E-state index in [2.05, 4.69) is 16.0 Å². The van der Waals surface area contributed by atoms with E-state index in [1.807, 2.05) is 11.4 Å². The highest BCUT2D eigenvalue weighted by Crippen LogP contribution is 2.36. The van der Waals surface area contributed by atoms with Crippen LogP contribution in [0.2, 0.25) is 5.02 Å². The van der Waals surface area contributed by atoms with E-state index in [4.69, 9.17) is 16.3 Å². The van der Waals surface area contributed by atoms with E-state index in [1.54, 1.807) is 12.1 Å². The van der Waals surface area contributed by atoms with Crippen molar-refractivity contribution < 1.29 is 19.1 Å². The van der Waals surface area contributed by atoms with Gasteiger partial charge in [-0.25, -0.2) is 0 Å². The number of thiophene rings is 1. The largest absolute Gasteiger partial charge is 0.482 e. The number of carbonyl (C=O) groups excluding carboxylic acids is 3. The van der Waals surface area contributed by atoms with Gasteiger partial charge in [-0.05, 0) is 23.9 Å². The summed E-state index contributed by atoms with van der Waals surface area (Å²) in [6.07, 6.45) is 0.730. The average molecular weight is 394 g/mol. The Kier molecular flexibility index (Phi) is 5.75. The Morgan fingerprint density at radius 3 is 2.96 bits per heavy atom. The number of hydrogen-bond acceptors (Lipinski definition) is 5. The molecule has 3 N–H and O–H groups in total. The molecule has 1 aromatic carbocycles. The number of hydrogen-bond donors (Lipinski definition) is 3. The molecule has 0 unspecified atom stereocenters. The molecule has 3 amide bonds. The first-order valence-corrected chi connectivity index (χ1v) is 9.16. The molecule has 3 rings (SSSR count). The Labute approximate surface area is 158 Å². The molecule has 1 aliphatic rings. The summed E-state index contributed by atoms with van der Waals surface area (Å²) >= 11 is 7.50. The molecular formula is C17H16ClN3O4S. The summed E-state index contributed by atoms with van der Waals surface area (Å²) in [6.45, 7) is 0.323. The Morgan fingerprint density at radius 2 is 2.19 bits per heavy atom. The average Bonchev–Trinajstić information content (AvgIpc) is 3.14. The summed E-state index contributed by atoms with van der Waals surface area (Å²) in [5.74, 6) is -0.170. The van der Waals surface area contributed by atoms with E-state index in [0.29, 0.717) is 40.0 Å². The molecule has 0 bridgehead atoms. The van der Waals surface area contributed by atoms with Crippen molar-refractivity contribution >= 4 is 52.0 Å². The van der Waals surface area contributed by atoms with E-state index in [0.717, 1.165) is 0 Å². The van der Waals surface area contributed by atoms with Gasteiger partial charge in [0.1, 0.15) is 5.75 Å². The second-order valence-electron chi connectivity index (χ2n) is 5.55. The molecule has 0 atom stereocenters. The van der Waals surface area contributed by atoms with Crippen LogP contribution in [0.1, 0.15) is 22.5 Å². The van der Waals surface area contributed by atoms with Crippen molar-refractivity contribution in [2.45, 2.75) is 12.8 Å². The van der Waals surface area contributed by atoms with Gasteiger partial charge in [-0.3, -0.25) is 14.4 Å². The Bertz CT molecular complexity index is 839. The lowest BCUT2D eigenvalue weighted by atomic mass is 10.2. The summed E-state index contributed by atoms with van der Waals surface area (Å²) in [5.41, 5.74) is 0.884. The van der Waals surface area contributed by atoms with Gasteiger partial charge >= 0.3 is 0 Å². The monoisotopic (exact) mass is 393 g/mol. The molecular weight excluding hydrogens is 378 g/mol. The van der Waals surface area contributed by atoms with Crippen molar-refractivity contribution in [1.82, 2.24) is 5.32 Å². The molecule has 0 radical (unpaired) electrons. The fourth-order valence-corrected chi connectivity index (χ4v) is 3.21. The number of anilines is 2. The number of nitrogens with one attached hydrogen (secondary N) is 3. The minimum atomic E-state index is -0.255. The van der Waals surface area contributed by atoms with E-state index in [1.165, 1.54) is 17.4 Å². The van der Waals surface area contributed by atoms with Crippen LogP contribution in [-0.2, 0) is 9.59 Å². The fraction of sp³-hybridized carbons (Fsp3) is 0.235. The topological polar surface area (TPSA) is 96.5 Å². The lowest BCUT2D eigenvalue weighted by Gasteiger charge is -2.19. The Hall–Kier alpha value is -2.58. The number of fused-ring (bicyclic) bond motifs is 1. The molecule has 26 heavy (non-hydrogen) atoms. The predicted octanol–water partition coefficient (Wildman–Crippen LogP) is 2.88. The van der Waals surface area contributed by atoms with Gasteiger partial charge in [-0.1, -0.05) is 17.7 Å². The summed E-state index contributed by atoms with van der Waals surface area (Å²) in [5, 5.41) is 10.3. The molecule has 1 aromatic heterocycles. The van der Waals surface area contributed by atoms with Gasteiger partial charge in [-0.2, -0.15) is 0 Å². The van der Waals surface area contributed by atoms with Gasteiger partial charge in [0.15, 0.2) is 6.61 Å². The molecule has 0 saturated carbocycles. The summed E-state index contributed by atoms with van der Waals surface area (Å²) < 4.78 is 5.30. The van der Waals surface area contributed by atoms with Crippen LogP contribution in [-0.4, -0.2) is 30.9 Å². The summed E-state index contributed by atoms with van der Waals surface area (Å²) in [7, 11) is 0. The van der Waals surface area contributed by atoms with Crippen LogP contribution in [0.5, 0.6) is 5.75 Å². The zero-order valence-electron chi connectivity index (χ0n) is 13.6. The quantitative estimate of drug-likeness (QED) is 0.657. The number of benzene rings is 1. The zero-order valence-corrected chi connectivity index (χ0v) is 15.2. The minimum absolute atomic E-state index is 0.0774. The van der Waals surface area contributed by atoms with E-state index < -0.39 is 0 Å². The maximum absolute atomic E-state index is 12.1. The number of ether oxygens (including phenoxy) is 1. The van der Waals surface area contributed by atoms with E-state index in [-0.39, 0.29) is 30.7 Å². The third-order valence-corrected chi connectivity index (χ3v) is 4.77. The van der Waals surface area contributed by atoms with Crippen molar-refractivity contribution in [3.63, 3.8) is 0 Å². The fourth-order valence-electron chi connectivity index (χ4n) is 2.35. The highest BCUT2D eigenvalue weighted by Gasteiger charge is 2.19. The van der Waals surface area contributed by atoms with Crippen LogP contribution in [0.4, 0.5) is 11.4 Å². The highest BCUT2D eigenvalue weighted by molar-refractivity contribution is 7.12. The van der Waals surface area contributed by atoms with Gasteiger partial charge < -0.3 is 20.7 Å². The number of halogens is 1. The van der Waals surface area contributed by atoms with Crippen LogP contribution >= 0.6 is 22.9 Å². The lowest BCUT2D eigenvalue weighted by molar-refractivity contribution is -0.118. The second kappa shape index (κ2) is 8.20. The number of carbonyl (C=O) groups is 3. The molecule has 2 heterocycles. The molecule has 136 valence electrons. The summed E-state index contributed by atoms with van der Waals surface area (Å²) in [4.78, 5) is 35.8. The molecule has 1 aliphatic heterocycles. The molecule has 9 heteroatoms. The van der Waals surface area contributed by atoms with Gasteiger partial charge in [-0.15, -0.1) is 11.3 Å². The van der Waals surface area contributed by atoms with Crippen molar-refractivity contribution in [2.24, 2.45) is 0 Å². The minimum Gasteiger partial charge on any atom is -0.482 e. The molecule has 2 aromatic rings. The van der Waals surface area contributed by atoms with Crippen molar-refractivity contribution in [1.29, 1.82) is 0 Å².